The Labute approximate surface area is 170 Å². The number of hydrogen-bond donors (Lipinski definition) is 0. The molecule has 0 amide bonds. The number of anilines is 1. The van der Waals surface area contributed by atoms with Crippen molar-refractivity contribution in [1.29, 1.82) is 0 Å². The average molecular weight is 429 g/mol. The van der Waals surface area contributed by atoms with Gasteiger partial charge < -0.3 is 9.64 Å². The molecule has 0 aromatic heterocycles. The lowest BCUT2D eigenvalue weighted by Gasteiger charge is -2.35. The first-order valence-corrected chi connectivity index (χ1v) is 10.8. The van der Waals surface area contributed by atoms with Crippen molar-refractivity contribution >= 4 is 38.9 Å². The highest BCUT2D eigenvalue weighted by atomic mass is 35.5. The molecule has 0 N–H and O–H groups in total. The number of rotatable bonds is 4. The summed E-state index contributed by atoms with van der Waals surface area (Å²) in [6.07, 6.45) is 0. The highest BCUT2D eigenvalue weighted by Crippen LogP contribution is 2.35. The molecule has 1 aliphatic heterocycles. The Hall–Kier alpha value is -1.47. The number of methoxy groups -OCH3 is 1. The zero-order chi connectivity index (χ0) is 19.8. The van der Waals surface area contributed by atoms with Gasteiger partial charge in [0.2, 0.25) is 10.0 Å². The zero-order valence-electron chi connectivity index (χ0n) is 15.5. The second-order valence-electron chi connectivity index (χ2n) is 6.58. The van der Waals surface area contributed by atoms with Crippen molar-refractivity contribution < 1.29 is 13.2 Å². The summed E-state index contributed by atoms with van der Waals surface area (Å²) < 4.78 is 32.6. The van der Waals surface area contributed by atoms with E-state index in [-0.39, 0.29) is 14.9 Å². The Kier molecular flexibility index (Phi) is 5.91. The molecular formula is C19H22Cl2N2O3S. The summed E-state index contributed by atoms with van der Waals surface area (Å²) in [5.41, 5.74) is 3.58. The molecule has 1 saturated heterocycles. The lowest BCUT2D eigenvalue weighted by molar-refractivity contribution is 0.384. The van der Waals surface area contributed by atoms with Crippen LogP contribution >= 0.6 is 23.2 Å². The standard InChI is InChI=1S/C19H22Cl2N2O3S/c1-13-4-5-15(10-14(13)2)22-6-8-23(9-7-22)27(24,25)19-12-16(20)18(26-3)11-17(19)21/h4-5,10-12H,6-9H2,1-3H3. The van der Waals surface area contributed by atoms with Crippen LogP contribution < -0.4 is 9.64 Å². The van der Waals surface area contributed by atoms with Gasteiger partial charge in [-0.3, -0.25) is 0 Å². The maximum Gasteiger partial charge on any atom is 0.244 e. The third kappa shape index (κ3) is 4.04. The number of halogens is 2. The number of ether oxygens (including phenoxy) is 1. The lowest BCUT2D eigenvalue weighted by atomic mass is 10.1. The summed E-state index contributed by atoms with van der Waals surface area (Å²) in [5, 5.41) is 0.321. The van der Waals surface area contributed by atoms with Crippen LogP contribution in [-0.2, 0) is 10.0 Å². The molecule has 0 aliphatic carbocycles. The number of nitrogens with zero attached hydrogens (tertiary/aromatic N) is 2. The molecule has 0 spiro atoms. The molecule has 8 heteroatoms. The smallest absolute Gasteiger partial charge is 0.244 e. The molecule has 1 heterocycles. The van der Waals surface area contributed by atoms with Gasteiger partial charge in [-0.05, 0) is 43.2 Å². The number of sulfonamides is 1. The van der Waals surface area contributed by atoms with E-state index in [1.54, 1.807) is 0 Å². The summed E-state index contributed by atoms with van der Waals surface area (Å²) in [6, 6.07) is 9.09. The third-order valence-corrected chi connectivity index (χ3v) is 7.58. The molecule has 5 nitrogen and oxygen atoms in total. The van der Waals surface area contributed by atoms with Crippen LogP contribution in [0.25, 0.3) is 0 Å². The van der Waals surface area contributed by atoms with Gasteiger partial charge in [-0.25, -0.2) is 8.42 Å². The van der Waals surface area contributed by atoms with Gasteiger partial charge in [0.15, 0.2) is 0 Å². The summed E-state index contributed by atoms with van der Waals surface area (Å²) in [6.45, 7) is 6.15. The minimum atomic E-state index is -3.73. The molecule has 27 heavy (non-hydrogen) atoms. The van der Waals surface area contributed by atoms with E-state index in [1.807, 2.05) is 0 Å². The monoisotopic (exact) mass is 428 g/mol. The molecular weight excluding hydrogens is 407 g/mol. The molecule has 1 fully saturated rings. The van der Waals surface area contributed by atoms with E-state index in [4.69, 9.17) is 27.9 Å². The Morgan fingerprint density at radius 1 is 0.926 bits per heavy atom. The van der Waals surface area contributed by atoms with Crippen molar-refractivity contribution in [2.45, 2.75) is 18.7 Å². The van der Waals surface area contributed by atoms with Crippen LogP contribution in [0.15, 0.2) is 35.2 Å². The summed E-state index contributed by atoms with van der Waals surface area (Å²) in [5.74, 6) is 0.347. The van der Waals surface area contributed by atoms with E-state index in [0.29, 0.717) is 31.9 Å². The highest BCUT2D eigenvalue weighted by molar-refractivity contribution is 7.89. The Bertz CT molecular complexity index is 956. The Morgan fingerprint density at radius 3 is 2.19 bits per heavy atom. The third-order valence-electron chi connectivity index (χ3n) is 4.92. The van der Waals surface area contributed by atoms with E-state index >= 15 is 0 Å². The summed E-state index contributed by atoms with van der Waals surface area (Å²) >= 11 is 12.3. The van der Waals surface area contributed by atoms with E-state index in [9.17, 15) is 8.42 Å². The minimum absolute atomic E-state index is 0.00889. The van der Waals surface area contributed by atoms with Crippen molar-refractivity contribution in [1.82, 2.24) is 4.31 Å². The average Bonchev–Trinajstić information content (AvgIpc) is 2.65. The topological polar surface area (TPSA) is 49.9 Å². The van der Waals surface area contributed by atoms with E-state index in [2.05, 4.69) is 36.9 Å². The van der Waals surface area contributed by atoms with Gasteiger partial charge in [0.05, 0.1) is 17.2 Å². The van der Waals surface area contributed by atoms with Gasteiger partial charge in [0.1, 0.15) is 10.6 Å². The first-order valence-electron chi connectivity index (χ1n) is 8.59. The van der Waals surface area contributed by atoms with Crippen molar-refractivity contribution in [2.24, 2.45) is 0 Å². The van der Waals surface area contributed by atoms with Gasteiger partial charge in [0, 0.05) is 37.9 Å². The maximum atomic E-state index is 13.0. The van der Waals surface area contributed by atoms with Crippen LogP contribution in [0.1, 0.15) is 11.1 Å². The van der Waals surface area contributed by atoms with Crippen LogP contribution in [0, 0.1) is 13.8 Å². The molecule has 0 saturated carbocycles. The highest BCUT2D eigenvalue weighted by Gasteiger charge is 2.31. The summed E-state index contributed by atoms with van der Waals surface area (Å²) in [4.78, 5) is 2.20. The van der Waals surface area contributed by atoms with Crippen molar-refractivity contribution in [3.63, 3.8) is 0 Å². The van der Waals surface area contributed by atoms with Crippen molar-refractivity contribution in [2.75, 3.05) is 38.2 Å². The lowest BCUT2D eigenvalue weighted by Crippen LogP contribution is -2.48. The Balaban J connectivity index is 1.79. The molecule has 146 valence electrons. The number of piperazine rings is 1. The predicted molar refractivity (Wildman–Crippen MR) is 110 cm³/mol. The Morgan fingerprint density at radius 2 is 1.59 bits per heavy atom. The number of aryl methyl sites for hydroxylation is 2. The van der Waals surface area contributed by atoms with Gasteiger partial charge in [-0.1, -0.05) is 29.3 Å². The molecule has 0 radical (unpaired) electrons. The summed E-state index contributed by atoms with van der Waals surface area (Å²) in [7, 11) is -2.27. The second kappa shape index (κ2) is 7.87. The predicted octanol–water partition coefficient (Wildman–Crippen LogP) is 4.13. The van der Waals surface area contributed by atoms with E-state index in [1.165, 1.54) is 34.7 Å². The molecule has 1 aliphatic rings. The fourth-order valence-electron chi connectivity index (χ4n) is 3.11. The molecule has 0 unspecified atom stereocenters. The normalized spacial score (nSPS) is 15.8. The minimum Gasteiger partial charge on any atom is -0.495 e. The fraction of sp³-hybridized carbons (Fsp3) is 0.368. The molecule has 2 aromatic rings. The van der Waals surface area contributed by atoms with Gasteiger partial charge in [-0.2, -0.15) is 4.31 Å². The van der Waals surface area contributed by atoms with E-state index in [0.717, 1.165) is 5.69 Å². The van der Waals surface area contributed by atoms with Crippen LogP contribution in [0.5, 0.6) is 5.75 Å². The van der Waals surface area contributed by atoms with Crippen LogP contribution in [-0.4, -0.2) is 46.0 Å². The SMILES string of the molecule is COc1cc(Cl)c(S(=O)(=O)N2CCN(c3ccc(C)c(C)c3)CC2)cc1Cl. The quantitative estimate of drug-likeness (QED) is 0.734. The number of benzene rings is 2. The zero-order valence-corrected chi connectivity index (χ0v) is 17.8. The van der Waals surface area contributed by atoms with Gasteiger partial charge >= 0.3 is 0 Å². The van der Waals surface area contributed by atoms with Crippen LogP contribution in [0.2, 0.25) is 10.0 Å². The van der Waals surface area contributed by atoms with E-state index < -0.39 is 10.0 Å². The van der Waals surface area contributed by atoms with Gasteiger partial charge in [0.25, 0.3) is 0 Å². The molecule has 0 atom stereocenters. The first kappa shape index (κ1) is 20.3. The van der Waals surface area contributed by atoms with Crippen molar-refractivity contribution in [3.8, 4) is 5.75 Å². The second-order valence-corrected chi connectivity index (χ2v) is 9.30. The fourth-order valence-corrected chi connectivity index (χ4v) is 5.36. The van der Waals surface area contributed by atoms with Gasteiger partial charge in [-0.15, -0.1) is 0 Å². The molecule has 0 bridgehead atoms. The number of hydrogen-bond acceptors (Lipinski definition) is 4. The first-order chi connectivity index (χ1) is 12.7. The molecule has 2 aromatic carbocycles. The maximum absolute atomic E-state index is 13.0. The van der Waals surface area contributed by atoms with Crippen LogP contribution in [0.3, 0.4) is 0 Å². The largest absolute Gasteiger partial charge is 0.495 e. The van der Waals surface area contributed by atoms with Crippen molar-refractivity contribution in [3.05, 3.63) is 51.5 Å². The van der Waals surface area contributed by atoms with Crippen LogP contribution in [0.4, 0.5) is 5.69 Å². The molecule has 3 rings (SSSR count).